The fourth-order valence-electron chi connectivity index (χ4n) is 1.99. The van der Waals surface area contributed by atoms with Crippen LogP contribution in [0.4, 0.5) is 4.79 Å². The van der Waals surface area contributed by atoms with Crippen LogP contribution in [0, 0.1) is 0 Å². The molecule has 0 aromatic heterocycles. The average molecular weight is 217 g/mol. The van der Waals surface area contributed by atoms with Crippen molar-refractivity contribution in [1.29, 1.82) is 0 Å². The van der Waals surface area contributed by atoms with E-state index in [0.29, 0.717) is 11.3 Å². The molecule has 2 amide bonds. The number of allylic oxidation sites excluding steroid dienone is 1. The van der Waals surface area contributed by atoms with Gasteiger partial charge in [-0.05, 0) is 13.8 Å². The minimum Gasteiger partial charge on any atom is -0.338 e. The van der Waals surface area contributed by atoms with Gasteiger partial charge in [-0.3, -0.25) is 4.79 Å². The fraction of sp³-hybridized carbons (Fsp3) is 0.250. The van der Waals surface area contributed by atoms with Gasteiger partial charge in [-0.2, -0.15) is 23.8 Å². The standard InChI is InChI=1S/C12H13N2O2/c1-7-10(8(2)15)11(14-12(16)13-7)9-5-3-4-6-9/h3-6,11H,1-2H3,(H2,13,14,16)/q-1. The molecular formula is C12H13N2O2-. The Morgan fingerprint density at radius 3 is 2.81 bits per heavy atom. The molecule has 1 aliphatic rings. The average Bonchev–Trinajstić information content (AvgIpc) is 2.67. The van der Waals surface area contributed by atoms with Crippen molar-refractivity contribution < 1.29 is 9.59 Å². The van der Waals surface area contributed by atoms with E-state index >= 15 is 0 Å². The van der Waals surface area contributed by atoms with Crippen molar-refractivity contribution in [3.8, 4) is 0 Å². The molecule has 0 aliphatic carbocycles. The first kappa shape index (κ1) is 10.5. The van der Waals surface area contributed by atoms with Crippen molar-refractivity contribution in [3.63, 3.8) is 0 Å². The van der Waals surface area contributed by atoms with E-state index in [1.807, 2.05) is 24.3 Å². The Kier molecular flexibility index (Phi) is 2.56. The zero-order chi connectivity index (χ0) is 11.7. The molecule has 84 valence electrons. The molecule has 2 N–H and O–H groups in total. The summed E-state index contributed by atoms with van der Waals surface area (Å²) in [6, 6.07) is 6.96. The summed E-state index contributed by atoms with van der Waals surface area (Å²) in [7, 11) is 0. The van der Waals surface area contributed by atoms with Crippen LogP contribution in [-0.4, -0.2) is 11.8 Å². The highest BCUT2D eigenvalue weighted by atomic mass is 16.2. The van der Waals surface area contributed by atoms with Crippen LogP contribution in [0.2, 0.25) is 0 Å². The first-order chi connectivity index (χ1) is 7.59. The smallest absolute Gasteiger partial charge is 0.318 e. The predicted molar refractivity (Wildman–Crippen MR) is 59.8 cm³/mol. The minimum atomic E-state index is -0.332. The van der Waals surface area contributed by atoms with Gasteiger partial charge in [0.05, 0.1) is 0 Å². The second kappa shape index (κ2) is 3.89. The van der Waals surface area contributed by atoms with Crippen LogP contribution in [0.1, 0.15) is 25.5 Å². The maximum absolute atomic E-state index is 11.6. The lowest BCUT2D eigenvalue weighted by Gasteiger charge is -2.30. The molecule has 2 rings (SSSR count). The minimum absolute atomic E-state index is 0.0313. The van der Waals surface area contributed by atoms with Crippen LogP contribution in [0.5, 0.6) is 0 Å². The van der Waals surface area contributed by atoms with Crippen LogP contribution in [-0.2, 0) is 4.79 Å². The highest BCUT2D eigenvalue weighted by Crippen LogP contribution is 2.27. The summed E-state index contributed by atoms with van der Waals surface area (Å²) in [5.74, 6) is -0.0313. The lowest BCUT2D eigenvalue weighted by Crippen LogP contribution is -2.44. The Bertz CT molecular complexity index is 457. The monoisotopic (exact) mass is 217 g/mol. The van der Waals surface area contributed by atoms with Crippen molar-refractivity contribution >= 4 is 11.8 Å². The molecule has 0 saturated heterocycles. The third kappa shape index (κ3) is 1.74. The summed E-state index contributed by atoms with van der Waals surface area (Å²) in [4.78, 5) is 23.0. The highest BCUT2D eigenvalue weighted by Gasteiger charge is 2.25. The fourth-order valence-corrected chi connectivity index (χ4v) is 1.99. The molecule has 1 aliphatic heterocycles. The molecule has 1 aromatic carbocycles. The van der Waals surface area contributed by atoms with Gasteiger partial charge in [-0.15, -0.1) is 0 Å². The van der Waals surface area contributed by atoms with Gasteiger partial charge in [0.2, 0.25) is 0 Å². The lowest BCUT2D eigenvalue weighted by atomic mass is 9.95. The molecular weight excluding hydrogens is 204 g/mol. The van der Waals surface area contributed by atoms with E-state index in [2.05, 4.69) is 10.6 Å². The molecule has 0 spiro atoms. The van der Waals surface area contributed by atoms with Gasteiger partial charge < -0.3 is 10.6 Å². The summed E-state index contributed by atoms with van der Waals surface area (Å²) in [6.07, 6.45) is 0. The van der Waals surface area contributed by atoms with E-state index in [-0.39, 0.29) is 17.9 Å². The van der Waals surface area contributed by atoms with Crippen molar-refractivity contribution in [2.75, 3.05) is 0 Å². The molecule has 0 bridgehead atoms. The Morgan fingerprint density at radius 2 is 2.25 bits per heavy atom. The molecule has 0 radical (unpaired) electrons. The van der Waals surface area contributed by atoms with Crippen molar-refractivity contribution in [3.05, 3.63) is 41.1 Å². The van der Waals surface area contributed by atoms with Gasteiger partial charge in [-0.1, -0.05) is 0 Å². The summed E-state index contributed by atoms with van der Waals surface area (Å²) < 4.78 is 0. The number of carbonyl (C=O) groups is 2. The number of hydrogen-bond donors (Lipinski definition) is 2. The van der Waals surface area contributed by atoms with Crippen molar-refractivity contribution in [2.45, 2.75) is 19.9 Å². The first-order valence-corrected chi connectivity index (χ1v) is 5.10. The van der Waals surface area contributed by atoms with Crippen molar-refractivity contribution in [2.24, 2.45) is 0 Å². The summed E-state index contributed by atoms with van der Waals surface area (Å²) >= 11 is 0. The largest absolute Gasteiger partial charge is 0.338 e. The maximum atomic E-state index is 11.6. The number of ketones is 1. The van der Waals surface area contributed by atoms with Gasteiger partial charge in [0, 0.05) is 17.3 Å². The predicted octanol–water partition coefficient (Wildman–Crippen LogP) is 1.62. The number of Topliss-reactive ketones (excluding diaryl/α,β-unsaturated/α-hetero) is 1. The van der Waals surface area contributed by atoms with Crippen LogP contribution in [0.25, 0.3) is 0 Å². The zero-order valence-corrected chi connectivity index (χ0v) is 9.20. The normalized spacial score (nSPS) is 20.4. The third-order valence-corrected chi connectivity index (χ3v) is 2.67. The molecule has 1 atom stereocenters. The van der Waals surface area contributed by atoms with Crippen molar-refractivity contribution in [1.82, 2.24) is 10.6 Å². The number of carbonyl (C=O) groups excluding carboxylic acids is 2. The van der Waals surface area contributed by atoms with E-state index in [1.54, 1.807) is 6.92 Å². The number of rotatable bonds is 2. The molecule has 1 aromatic rings. The second-order valence-corrected chi connectivity index (χ2v) is 3.84. The molecule has 4 heteroatoms. The summed E-state index contributed by atoms with van der Waals surface area (Å²) in [6.45, 7) is 3.25. The van der Waals surface area contributed by atoms with Crippen LogP contribution in [0.3, 0.4) is 0 Å². The summed E-state index contributed by atoms with van der Waals surface area (Å²) in [5.41, 5.74) is 2.17. The first-order valence-electron chi connectivity index (χ1n) is 5.10. The van der Waals surface area contributed by atoms with Crippen LogP contribution >= 0.6 is 0 Å². The highest BCUT2D eigenvalue weighted by molar-refractivity contribution is 5.98. The molecule has 1 heterocycles. The molecule has 1 unspecified atom stereocenters. The van der Waals surface area contributed by atoms with E-state index < -0.39 is 0 Å². The Labute approximate surface area is 93.7 Å². The van der Waals surface area contributed by atoms with E-state index in [0.717, 1.165) is 5.56 Å². The molecule has 0 fully saturated rings. The topological polar surface area (TPSA) is 58.2 Å². The Balaban J connectivity index is 2.46. The number of amides is 2. The van der Waals surface area contributed by atoms with E-state index in [1.165, 1.54) is 6.92 Å². The van der Waals surface area contributed by atoms with E-state index in [4.69, 9.17) is 0 Å². The number of urea groups is 1. The SMILES string of the molecule is CC(=O)C1=C(C)NC(=O)NC1c1cc[cH-]c1. The number of nitrogens with one attached hydrogen (secondary N) is 2. The lowest BCUT2D eigenvalue weighted by molar-refractivity contribution is -0.114. The quantitative estimate of drug-likeness (QED) is 0.739. The molecule has 0 saturated carbocycles. The zero-order valence-electron chi connectivity index (χ0n) is 9.20. The van der Waals surface area contributed by atoms with Gasteiger partial charge in [-0.25, -0.2) is 10.9 Å². The van der Waals surface area contributed by atoms with Crippen LogP contribution < -0.4 is 10.6 Å². The van der Waals surface area contributed by atoms with Gasteiger partial charge in [0.25, 0.3) is 0 Å². The second-order valence-electron chi connectivity index (χ2n) is 3.84. The van der Waals surface area contributed by atoms with Crippen LogP contribution in [0.15, 0.2) is 35.5 Å². The maximum Gasteiger partial charge on any atom is 0.318 e. The third-order valence-electron chi connectivity index (χ3n) is 2.67. The molecule has 16 heavy (non-hydrogen) atoms. The van der Waals surface area contributed by atoms with Gasteiger partial charge in [0.15, 0.2) is 5.78 Å². The number of hydrogen-bond acceptors (Lipinski definition) is 2. The Morgan fingerprint density at radius 1 is 1.50 bits per heavy atom. The summed E-state index contributed by atoms with van der Waals surface area (Å²) in [5, 5.41) is 5.36. The van der Waals surface area contributed by atoms with Gasteiger partial charge in [0.1, 0.15) is 0 Å². The van der Waals surface area contributed by atoms with E-state index in [9.17, 15) is 9.59 Å². The van der Waals surface area contributed by atoms with Gasteiger partial charge >= 0.3 is 6.03 Å². The Hall–Kier alpha value is -1.97. The molecule has 4 nitrogen and oxygen atoms in total.